The third-order valence-electron chi connectivity index (χ3n) is 2.66. The second kappa shape index (κ2) is 7.07. The van der Waals surface area contributed by atoms with Gasteiger partial charge in [-0.15, -0.1) is 0 Å². The molecule has 0 aliphatic heterocycles. The van der Waals surface area contributed by atoms with Crippen LogP contribution in [0.1, 0.15) is 29.9 Å². The summed E-state index contributed by atoms with van der Waals surface area (Å²) in [4.78, 5) is 15.8. The van der Waals surface area contributed by atoms with Gasteiger partial charge in [0, 0.05) is 20.3 Å². The summed E-state index contributed by atoms with van der Waals surface area (Å²) in [5.74, 6) is -0.464. The Labute approximate surface area is 122 Å². The molecule has 1 aromatic rings. The van der Waals surface area contributed by atoms with Crippen molar-refractivity contribution in [2.24, 2.45) is 5.41 Å². The second-order valence-electron chi connectivity index (χ2n) is 4.89. The minimum absolute atomic E-state index is 0.0690. The lowest BCUT2D eigenvalue weighted by Crippen LogP contribution is -2.24. The van der Waals surface area contributed by atoms with Crippen LogP contribution in [-0.2, 0) is 9.47 Å². The molecule has 7 heteroatoms. The lowest BCUT2D eigenvalue weighted by molar-refractivity contribution is 0.0606. The van der Waals surface area contributed by atoms with E-state index in [1.807, 2.05) is 0 Å². The molecule has 0 unspecified atom stereocenters. The molecule has 19 heavy (non-hydrogen) atoms. The summed E-state index contributed by atoms with van der Waals surface area (Å²) < 4.78 is 9.71. The summed E-state index contributed by atoms with van der Waals surface area (Å²) >= 11 is 7.09. The number of nitrogens with zero attached hydrogens (tertiary/aromatic N) is 1. The van der Waals surface area contributed by atoms with E-state index in [1.165, 1.54) is 18.4 Å². The number of ether oxygens (including phenoxy) is 2. The van der Waals surface area contributed by atoms with Crippen LogP contribution >= 0.6 is 22.9 Å². The molecule has 0 radical (unpaired) electrons. The highest BCUT2D eigenvalue weighted by Crippen LogP contribution is 2.29. The van der Waals surface area contributed by atoms with Gasteiger partial charge in [-0.3, -0.25) is 0 Å². The molecule has 0 fully saturated rings. The van der Waals surface area contributed by atoms with Crippen LogP contribution in [0.25, 0.3) is 0 Å². The Balaban J connectivity index is 2.61. The minimum atomic E-state index is -0.464. The first kappa shape index (κ1) is 16.2. The fourth-order valence-electron chi connectivity index (χ4n) is 1.38. The van der Waals surface area contributed by atoms with Crippen molar-refractivity contribution in [3.05, 3.63) is 10.0 Å². The average Bonchev–Trinajstić information content (AvgIpc) is 2.75. The third-order valence-corrected chi connectivity index (χ3v) is 4.04. The van der Waals surface area contributed by atoms with Gasteiger partial charge in [-0.2, -0.15) is 0 Å². The van der Waals surface area contributed by atoms with E-state index in [-0.39, 0.29) is 10.6 Å². The third kappa shape index (κ3) is 4.97. The first-order chi connectivity index (χ1) is 8.89. The van der Waals surface area contributed by atoms with Crippen LogP contribution < -0.4 is 5.32 Å². The van der Waals surface area contributed by atoms with Gasteiger partial charge in [0.1, 0.15) is 0 Å². The number of methoxy groups -OCH3 is 2. The normalized spacial score (nSPS) is 11.4. The monoisotopic (exact) mass is 306 g/mol. The van der Waals surface area contributed by atoms with Gasteiger partial charge in [-0.05, 0) is 11.8 Å². The summed E-state index contributed by atoms with van der Waals surface area (Å²) in [6.45, 7) is 5.70. The van der Waals surface area contributed by atoms with E-state index in [4.69, 9.17) is 16.3 Å². The molecule has 0 spiro atoms. The number of aromatic nitrogens is 1. The number of esters is 1. The van der Waals surface area contributed by atoms with Gasteiger partial charge in [-0.1, -0.05) is 36.8 Å². The molecule has 0 aliphatic carbocycles. The first-order valence-electron chi connectivity index (χ1n) is 5.87. The van der Waals surface area contributed by atoms with Crippen molar-refractivity contribution in [1.82, 2.24) is 4.98 Å². The van der Waals surface area contributed by atoms with Crippen molar-refractivity contribution in [3.8, 4) is 0 Å². The number of carbonyl (C=O) groups is 1. The average molecular weight is 307 g/mol. The van der Waals surface area contributed by atoms with Crippen molar-refractivity contribution in [1.29, 1.82) is 0 Å². The first-order valence-corrected chi connectivity index (χ1v) is 7.06. The SMILES string of the molecule is COCCC(C)(C)CNc1nc(Cl)c(C(=O)OC)s1. The maximum absolute atomic E-state index is 11.4. The Bertz CT molecular complexity index is 435. The maximum atomic E-state index is 11.4. The Hall–Kier alpha value is -0.850. The summed E-state index contributed by atoms with van der Waals surface area (Å²) in [6, 6.07) is 0. The van der Waals surface area contributed by atoms with Gasteiger partial charge in [0.25, 0.3) is 0 Å². The number of carbonyl (C=O) groups excluding carboxylic acids is 1. The lowest BCUT2D eigenvalue weighted by atomic mass is 9.90. The summed E-state index contributed by atoms with van der Waals surface area (Å²) in [5.41, 5.74) is 0.0690. The van der Waals surface area contributed by atoms with Crippen molar-refractivity contribution < 1.29 is 14.3 Å². The van der Waals surface area contributed by atoms with E-state index in [1.54, 1.807) is 7.11 Å². The highest BCUT2D eigenvalue weighted by Gasteiger charge is 2.20. The molecule has 0 aliphatic rings. The molecule has 108 valence electrons. The van der Waals surface area contributed by atoms with Crippen LogP contribution in [0.4, 0.5) is 5.13 Å². The topological polar surface area (TPSA) is 60.5 Å². The van der Waals surface area contributed by atoms with Gasteiger partial charge >= 0.3 is 5.97 Å². The predicted octanol–water partition coefficient (Wildman–Crippen LogP) is 3.06. The summed E-state index contributed by atoms with van der Waals surface area (Å²) in [7, 11) is 3.01. The van der Waals surface area contributed by atoms with Crippen molar-refractivity contribution >= 4 is 34.0 Å². The van der Waals surface area contributed by atoms with E-state index in [0.29, 0.717) is 16.6 Å². The quantitative estimate of drug-likeness (QED) is 0.785. The zero-order valence-electron chi connectivity index (χ0n) is 11.6. The number of halogens is 1. The number of thiazole rings is 1. The summed E-state index contributed by atoms with van der Waals surface area (Å²) in [6.07, 6.45) is 0.930. The number of nitrogens with one attached hydrogen (secondary N) is 1. The Morgan fingerprint density at radius 1 is 1.47 bits per heavy atom. The highest BCUT2D eigenvalue weighted by molar-refractivity contribution is 7.18. The van der Waals surface area contributed by atoms with E-state index in [2.05, 4.69) is 28.9 Å². The smallest absolute Gasteiger partial charge is 0.351 e. The van der Waals surface area contributed by atoms with E-state index < -0.39 is 5.97 Å². The molecule has 0 saturated carbocycles. The maximum Gasteiger partial charge on any atom is 0.351 e. The minimum Gasteiger partial charge on any atom is -0.465 e. The molecule has 5 nitrogen and oxygen atoms in total. The molecular weight excluding hydrogens is 288 g/mol. The Morgan fingerprint density at radius 3 is 2.74 bits per heavy atom. The van der Waals surface area contributed by atoms with Crippen LogP contribution in [0.5, 0.6) is 0 Å². The van der Waals surface area contributed by atoms with Crippen LogP contribution in [0.15, 0.2) is 0 Å². The second-order valence-corrected chi connectivity index (χ2v) is 6.25. The summed E-state index contributed by atoms with van der Waals surface area (Å²) in [5, 5.41) is 3.99. The van der Waals surface area contributed by atoms with Crippen molar-refractivity contribution in [2.75, 3.05) is 32.7 Å². The Morgan fingerprint density at radius 2 is 2.16 bits per heavy atom. The molecule has 1 heterocycles. The molecule has 0 atom stereocenters. The predicted molar refractivity (Wildman–Crippen MR) is 77.2 cm³/mol. The van der Waals surface area contributed by atoms with Crippen LogP contribution in [0.3, 0.4) is 0 Å². The number of anilines is 1. The Kier molecular flexibility index (Phi) is 6.03. The van der Waals surface area contributed by atoms with Gasteiger partial charge in [0.2, 0.25) is 0 Å². The molecule has 1 aromatic heterocycles. The molecule has 0 saturated heterocycles. The van der Waals surface area contributed by atoms with E-state index in [0.717, 1.165) is 13.0 Å². The molecular formula is C12H19ClN2O3S. The molecule has 1 N–H and O–H groups in total. The zero-order valence-corrected chi connectivity index (χ0v) is 13.2. The molecule has 0 bridgehead atoms. The fourth-order valence-corrected chi connectivity index (χ4v) is 2.48. The van der Waals surface area contributed by atoms with Crippen molar-refractivity contribution in [2.45, 2.75) is 20.3 Å². The standard InChI is InChI=1S/C12H19ClN2O3S/c1-12(2,5-6-17-3)7-14-11-15-9(13)8(19-11)10(16)18-4/h5-7H2,1-4H3,(H,14,15). The molecule has 1 rings (SSSR count). The zero-order chi connectivity index (χ0) is 14.5. The van der Waals surface area contributed by atoms with Gasteiger partial charge in [-0.25, -0.2) is 9.78 Å². The molecule has 0 aromatic carbocycles. The number of hydrogen-bond donors (Lipinski definition) is 1. The number of rotatable bonds is 7. The van der Waals surface area contributed by atoms with Crippen molar-refractivity contribution in [3.63, 3.8) is 0 Å². The van der Waals surface area contributed by atoms with Crippen LogP contribution in [0, 0.1) is 5.41 Å². The largest absolute Gasteiger partial charge is 0.465 e. The van der Waals surface area contributed by atoms with E-state index in [9.17, 15) is 4.79 Å². The molecule has 0 amide bonds. The van der Waals surface area contributed by atoms with Gasteiger partial charge < -0.3 is 14.8 Å². The number of hydrogen-bond acceptors (Lipinski definition) is 6. The van der Waals surface area contributed by atoms with Gasteiger partial charge in [0.15, 0.2) is 15.2 Å². The van der Waals surface area contributed by atoms with E-state index >= 15 is 0 Å². The van der Waals surface area contributed by atoms with Gasteiger partial charge in [0.05, 0.1) is 7.11 Å². The van der Waals surface area contributed by atoms with Crippen LogP contribution in [-0.4, -0.2) is 38.3 Å². The lowest BCUT2D eigenvalue weighted by Gasteiger charge is -2.24. The van der Waals surface area contributed by atoms with Crippen LogP contribution in [0.2, 0.25) is 5.15 Å². The highest BCUT2D eigenvalue weighted by atomic mass is 35.5. The fraction of sp³-hybridized carbons (Fsp3) is 0.667.